The van der Waals surface area contributed by atoms with Gasteiger partial charge < -0.3 is 10.2 Å². The molecule has 2 rings (SSSR count). The molecule has 0 spiro atoms. The maximum absolute atomic E-state index is 12.5. The minimum atomic E-state index is -0.0919. The molecule has 1 aromatic heterocycles. The number of carbonyl (C=O) groups excluding carboxylic acids is 1. The number of anilines is 2. The maximum Gasteiger partial charge on any atom is 0.261 e. The number of rotatable bonds is 6. The van der Waals surface area contributed by atoms with Gasteiger partial charge in [-0.15, -0.1) is 0 Å². The highest BCUT2D eigenvalue weighted by molar-refractivity contribution is 6.05. The fourth-order valence-corrected chi connectivity index (χ4v) is 1.97. The van der Waals surface area contributed by atoms with Gasteiger partial charge in [0.25, 0.3) is 5.91 Å². The molecule has 2 aromatic rings. The normalized spacial score (nSPS) is 10.2. The molecule has 1 aromatic carbocycles. The Hall–Kier alpha value is -2.43. The number of amides is 1. The Balaban J connectivity index is 2.14. The molecule has 0 radical (unpaired) electrons. The van der Waals surface area contributed by atoms with Gasteiger partial charge in [0, 0.05) is 31.2 Å². The van der Waals surface area contributed by atoms with E-state index in [1.54, 1.807) is 17.3 Å². The summed E-state index contributed by atoms with van der Waals surface area (Å²) in [6.45, 7) is 5.43. The van der Waals surface area contributed by atoms with Crippen molar-refractivity contribution in [1.29, 1.82) is 0 Å². The summed E-state index contributed by atoms with van der Waals surface area (Å²) in [5.74, 6) is 0.460. The van der Waals surface area contributed by atoms with Crippen LogP contribution in [0.5, 0.6) is 0 Å². The minimum absolute atomic E-state index is 0.0919. The lowest BCUT2D eigenvalue weighted by Crippen LogP contribution is -2.30. The van der Waals surface area contributed by atoms with Crippen molar-refractivity contribution in [3.63, 3.8) is 0 Å². The average Bonchev–Trinajstić information content (AvgIpc) is 2.55. The van der Waals surface area contributed by atoms with E-state index in [1.807, 2.05) is 37.3 Å². The Bertz CT molecular complexity index is 569. The third-order valence-corrected chi connectivity index (χ3v) is 3.06. The maximum atomic E-state index is 12.5. The lowest BCUT2D eigenvalue weighted by molar-refractivity contribution is 0.0987. The van der Waals surface area contributed by atoms with Crippen molar-refractivity contribution in [2.24, 2.45) is 0 Å². The summed E-state index contributed by atoms with van der Waals surface area (Å²) in [5.41, 5.74) is 1.36. The molecule has 0 fully saturated rings. The van der Waals surface area contributed by atoms with Gasteiger partial charge in [-0.3, -0.25) is 4.79 Å². The number of aromatic nitrogens is 2. The highest BCUT2D eigenvalue weighted by Gasteiger charge is 2.16. The fourth-order valence-electron chi connectivity index (χ4n) is 1.97. The second kappa shape index (κ2) is 7.38. The van der Waals surface area contributed by atoms with Crippen LogP contribution in [0.15, 0.2) is 42.7 Å². The van der Waals surface area contributed by atoms with Crippen LogP contribution >= 0.6 is 0 Å². The van der Waals surface area contributed by atoms with Crippen molar-refractivity contribution < 1.29 is 4.79 Å². The van der Waals surface area contributed by atoms with Crippen molar-refractivity contribution in [3.05, 3.63) is 48.3 Å². The molecule has 5 heteroatoms. The van der Waals surface area contributed by atoms with Crippen LogP contribution in [0.3, 0.4) is 0 Å². The molecule has 5 nitrogen and oxygen atoms in total. The van der Waals surface area contributed by atoms with Gasteiger partial charge in [-0.05, 0) is 25.5 Å². The van der Waals surface area contributed by atoms with Gasteiger partial charge >= 0.3 is 0 Å². The van der Waals surface area contributed by atoms with E-state index in [9.17, 15) is 4.79 Å². The lowest BCUT2D eigenvalue weighted by Gasteiger charge is -2.20. The predicted molar refractivity (Wildman–Crippen MR) is 84.6 cm³/mol. The third-order valence-electron chi connectivity index (χ3n) is 3.06. The van der Waals surface area contributed by atoms with Crippen LogP contribution in [0.25, 0.3) is 0 Å². The monoisotopic (exact) mass is 284 g/mol. The van der Waals surface area contributed by atoms with Crippen molar-refractivity contribution in [3.8, 4) is 0 Å². The van der Waals surface area contributed by atoms with Gasteiger partial charge in [-0.2, -0.15) is 0 Å². The molecular weight excluding hydrogens is 264 g/mol. The number of para-hydroxylation sites is 1. The average molecular weight is 284 g/mol. The first-order valence-electron chi connectivity index (χ1n) is 7.19. The summed E-state index contributed by atoms with van der Waals surface area (Å²) in [4.78, 5) is 22.6. The van der Waals surface area contributed by atoms with Crippen LogP contribution in [0.2, 0.25) is 0 Å². The number of nitrogens with one attached hydrogen (secondary N) is 1. The molecule has 0 aliphatic carbocycles. The zero-order chi connectivity index (χ0) is 15.1. The SMILES string of the molecule is CCCNc1ncc(C(=O)N(CC)c2ccccc2)cn1. The highest BCUT2D eigenvalue weighted by atomic mass is 16.2. The summed E-state index contributed by atoms with van der Waals surface area (Å²) in [5, 5.41) is 3.09. The van der Waals surface area contributed by atoms with Crippen LogP contribution in [-0.2, 0) is 0 Å². The van der Waals surface area contributed by atoms with E-state index in [4.69, 9.17) is 0 Å². The second-order valence-electron chi connectivity index (χ2n) is 4.61. The summed E-state index contributed by atoms with van der Waals surface area (Å²) >= 11 is 0. The Kier molecular flexibility index (Phi) is 5.26. The van der Waals surface area contributed by atoms with Crippen molar-refractivity contribution >= 4 is 17.5 Å². The zero-order valence-corrected chi connectivity index (χ0v) is 12.4. The van der Waals surface area contributed by atoms with E-state index in [2.05, 4.69) is 22.2 Å². The summed E-state index contributed by atoms with van der Waals surface area (Å²) in [6, 6.07) is 9.59. The van der Waals surface area contributed by atoms with Gasteiger partial charge in [0.05, 0.1) is 5.56 Å². The van der Waals surface area contributed by atoms with Crippen molar-refractivity contribution in [2.75, 3.05) is 23.3 Å². The van der Waals surface area contributed by atoms with E-state index in [1.165, 1.54) is 0 Å². The molecule has 21 heavy (non-hydrogen) atoms. The smallest absolute Gasteiger partial charge is 0.261 e. The third kappa shape index (κ3) is 3.78. The molecule has 0 saturated heterocycles. The fraction of sp³-hybridized carbons (Fsp3) is 0.312. The van der Waals surface area contributed by atoms with Crippen LogP contribution in [0.4, 0.5) is 11.6 Å². The summed E-state index contributed by atoms with van der Waals surface area (Å²) in [7, 11) is 0. The van der Waals surface area contributed by atoms with Crippen LogP contribution in [0, 0.1) is 0 Å². The summed E-state index contributed by atoms with van der Waals surface area (Å²) < 4.78 is 0. The van der Waals surface area contributed by atoms with E-state index >= 15 is 0 Å². The van der Waals surface area contributed by atoms with Gasteiger partial charge in [0.2, 0.25) is 5.95 Å². The van der Waals surface area contributed by atoms with E-state index in [-0.39, 0.29) is 5.91 Å². The first-order valence-corrected chi connectivity index (χ1v) is 7.19. The molecule has 1 amide bonds. The van der Waals surface area contributed by atoms with Crippen molar-refractivity contribution in [1.82, 2.24) is 9.97 Å². The van der Waals surface area contributed by atoms with Crippen LogP contribution < -0.4 is 10.2 Å². The lowest BCUT2D eigenvalue weighted by atomic mass is 10.2. The zero-order valence-electron chi connectivity index (χ0n) is 12.4. The molecule has 0 aliphatic heterocycles. The standard InChI is InChI=1S/C16H20N4O/c1-3-10-17-16-18-11-13(12-19-16)15(21)20(4-2)14-8-6-5-7-9-14/h5-9,11-12H,3-4,10H2,1-2H3,(H,17,18,19). The molecule has 1 heterocycles. The molecule has 0 bridgehead atoms. The molecule has 0 saturated carbocycles. The molecule has 0 aliphatic rings. The van der Waals surface area contributed by atoms with E-state index in [0.717, 1.165) is 18.7 Å². The quantitative estimate of drug-likeness (QED) is 0.886. The van der Waals surface area contributed by atoms with Gasteiger partial charge in [-0.25, -0.2) is 9.97 Å². The van der Waals surface area contributed by atoms with E-state index in [0.29, 0.717) is 18.1 Å². The van der Waals surface area contributed by atoms with Gasteiger partial charge in [-0.1, -0.05) is 25.1 Å². The van der Waals surface area contributed by atoms with Gasteiger partial charge in [0.1, 0.15) is 0 Å². The molecule has 110 valence electrons. The molecule has 0 unspecified atom stereocenters. The topological polar surface area (TPSA) is 58.1 Å². The van der Waals surface area contributed by atoms with Crippen LogP contribution in [-0.4, -0.2) is 29.0 Å². The number of hydrogen-bond donors (Lipinski definition) is 1. The van der Waals surface area contributed by atoms with Crippen molar-refractivity contribution in [2.45, 2.75) is 20.3 Å². The Labute approximate surface area is 125 Å². The molecule has 0 atom stereocenters. The summed E-state index contributed by atoms with van der Waals surface area (Å²) in [6.07, 6.45) is 4.14. The highest BCUT2D eigenvalue weighted by Crippen LogP contribution is 2.16. The molecular formula is C16H20N4O. The Morgan fingerprint density at radius 3 is 2.38 bits per heavy atom. The first-order chi connectivity index (χ1) is 10.3. The van der Waals surface area contributed by atoms with Gasteiger partial charge in [0.15, 0.2) is 0 Å². The Morgan fingerprint density at radius 1 is 1.14 bits per heavy atom. The second-order valence-corrected chi connectivity index (χ2v) is 4.61. The number of hydrogen-bond acceptors (Lipinski definition) is 4. The largest absolute Gasteiger partial charge is 0.354 e. The van der Waals surface area contributed by atoms with Crippen LogP contribution in [0.1, 0.15) is 30.6 Å². The van der Waals surface area contributed by atoms with E-state index < -0.39 is 0 Å². The first kappa shape index (κ1) is 15.0. The Morgan fingerprint density at radius 2 is 1.81 bits per heavy atom. The predicted octanol–water partition coefficient (Wildman–Crippen LogP) is 2.97. The minimum Gasteiger partial charge on any atom is -0.354 e. The number of carbonyl (C=O) groups is 1. The number of benzene rings is 1. The molecule has 1 N–H and O–H groups in total. The number of nitrogens with zero attached hydrogens (tertiary/aromatic N) is 3.